The van der Waals surface area contributed by atoms with Crippen LogP contribution in [0.1, 0.15) is 50.7 Å². The Hall–Kier alpha value is -5.46. The molecule has 5 aromatic carbocycles. The van der Waals surface area contributed by atoms with E-state index in [-0.39, 0.29) is 20.1 Å². The first-order chi connectivity index (χ1) is 27.1. The summed E-state index contributed by atoms with van der Waals surface area (Å²) in [5, 5.41) is 3.55. The first kappa shape index (κ1) is 39.8. The molecule has 0 fully saturated rings. The Balaban J connectivity index is 0.000000246. The van der Waals surface area contributed by atoms with Crippen LogP contribution >= 0.6 is 0 Å². The molecule has 0 N–H and O–H groups in total. The zero-order valence-corrected chi connectivity index (χ0v) is 36.9. The molecule has 0 saturated carbocycles. The summed E-state index contributed by atoms with van der Waals surface area (Å²) in [5.41, 5.74) is 12.8. The van der Waals surface area contributed by atoms with Crippen molar-refractivity contribution in [1.82, 2.24) is 19.5 Å². The van der Waals surface area contributed by atoms with Crippen LogP contribution in [0.4, 0.5) is 0 Å². The van der Waals surface area contributed by atoms with Crippen molar-refractivity contribution in [1.29, 1.82) is 0 Å². The molecule has 9 aromatic rings. The van der Waals surface area contributed by atoms with Gasteiger partial charge in [-0.2, -0.15) is 0 Å². The summed E-state index contributed by atoms with van der Waals surface area (Å²) in [6.45, 7) is 16.1. The Morgan fingerprint density at radius 3 is 2.05 bits per heavy atom. The van der Waals surface area contributed by atoms with Crippen molar-refractivity contribution in [3.8, 4) is 39.5 Å². The first-order valence-corrected chi connectivity index (χ1v) is 22.9. The zero-order chi connectivity index (χ0) is 39.0. The van der Waals surface area contributed by atoms with Crippen molar-refractivity contribution >= 4 is 46.2 Å². The third-order valence-electron chi connectivity index (χ3n) is 10.4. The number of benzene rings is 5. The number of hydrogen-bond donors (Lipinski definition) is 0. The Kier molecular flexibility index (Phi) is 11.6. The molecule has 7 heteroatoms. The van der Waals surface area contributed by atoms with Gasteiger partial charge in [0.25, 0.3) is 0 Å². The molecule has 57 heavy (non-hydrogen) atoms. The second-order valence-corrected chi connectivity index (χ2v) is 21.1. The Labute approximate surface area is 350 Å². The molecule has 0 aliphatic rings. The van der Waals surface area contributed by atoms with Gasteiger partial charge in [-0.15, -0.1) is 59.7 Å². The fourth-order valence-corrected chi connectivity index (χ4v) is 8.33. The van der Waals surface area contributed by atoms with Gasteiger partial charge in [-0.25, -0.2) is 0 Å². The number of nitrogens with zero attached hydrogens (tertiary/aromatic N) is 4. The Morgan fingerprint density at radius 1 is 0.667 bits per heavy atom. The first-order valence-electron chi connectivity index (χ1n) is 19.4. The number of furan rings is 1. The maximum atomic E-state index is 6.11. The average molecular weight is 939 g/mol. The Morgan fingerprint density at radius 2 is 1.39 bits per heavy atom. The standard InChI is InChI=1S/C36H30N3O.C14H16NSi.Ir/c1-22(2)28-19-26(24-10-6-5-7-11-24)20-29(23(3)4)35(28)39-32-21-37-17-16-31(32)38-36(39)25-14-15-34-30(18-25)27-12-8-9-13-33(27)40-34;1-16(2,3)13-9-10-14(15-11-13)12-7-5-4-6-8-12;/h5-13,15-23H,1-4H3;4-7,9-11H,1-3H3;/q2*-1;. The van der Waals surface area contributed by atoms with Gasteiger partial charge in [0.05, 0.1) is 36.7 Å². The fourth-order valence-electron chi connectivity index (χ4n) is 7.29. The van der Waals surface area contributed by atoms with Gasteiger partial charge >= 0.3 is 0 Å². The average Bonchev–Trinajstić information content (AvgIpc) is 3.79. The van der Waals surface area contributed by atoms with Crippen molar-refractivity contribution in [2.75, 3.05) is 0 Å². The number of pyridine rings is 2. The fraction of sp³-hybridized carbons (Fsp3) is 0.180. The topological polar surface area (TPSA) is 56.7 Å². The molecule has 0 aliphatic carbocycles. The van der Waals surface area contributed by atoms with E-state index in [0.717, 1.165) is 55.6 Å². The molecule has 0 spiro atoms. The molecular formula is C50H46IrN4OSi-2. The monoisotopic (exact) mass is 939 g/mol. The van der Waals surface area contributed by atoms with Crippen LogP contribution in [0, 0.1) is 12.1 Å². The molecule has 9 rings (SSSR count). The van der Waals surface area contributed by atoms with Gasteiger partial charge in [0.15, 0.2) is 0 Å². The molecular weight excluding hydrogens is 893 g/mol. The maximum Gasteiger partial charge on any atom is 0.120 e. The van der Waals surface area contributed by atoms with Crippen LogP contribution in [0.25, 0.3) is 72.4 Å². The molecule has 0 atom stereocenters. The molecule has 0 saturated heterocycles. The molecule has 4 heterocycles. The maximum absolute atomic E-state index is 6.11. The van der Waals surface area contributed by atoms with Crippen molar-refractivity contribution in [2.24, 2.45) is 0 Å². The molecule has 287 valence electrons. The quantitative estimate of drug-likeness (QED) is 0.118. The van der Waals surface area contributed by atoms with Crippen LogP contribution in [0.5, 0.6) is 0 Å². The van der Waals surface area contributed by atoms with Crippen LogP contribution in [-0.2, 0) is 20.1 Å². The predicted octanol–water partition coefficient (Wildman–Crippen LogP) is 12.8. The molecule has 0 aliphatic heterocycles. The van der Waals surface area contributed by atoms with Crippen LogP contribution in [0.3, 0.4) is 0 Å². The molecule has 4 aromatic heterocycles. The number of aromatic nitrogens is 4. The second kappa shape index (κ2) is 16.6. The minimum Gasteiger partial charge on any atom is -0.500 e. The van der Waals surface area contributed by atoms with E-state index in [1.54, 1.807) is 0 Å². The number of fused-ring (bicyclic) bond motifs is 4. The predicted molar refractivity (Wildman–Crippen MR) is 236 cm³/mol. The molecule has 1 radical (unpaired) electrons. The molecule has 0 bridgehead atoms. The minimum atomic E-state index is -1.23. The molecule has 0 unspecified atom stereocenters. The van der Waals surface area contributed by atoms with E-state index in [0.29, 0.717) is 11.8 Å². The van der Waals surface area contributed by atoms with E-state index < -0.39 is 8.07 Å². The second-order valence-electron chi connectivity index (χ2n) is 16.0. The van der Waals surface area contributed by atoms with E-state index >= 15 is 0 Å². The Bertz CT molecular complexity index is 2750. The molecule has 5 nitrogen and oxygen atoms in total. The normalized spacial score (nSPS) is 11.6. The van der Waals surface area contributed by atoms with Gasteiger partial charge in [0.1, 0.15) is 5.58 Å². The van der Waals surface area contributed by atoms with Crippen LogP contribution in [0.15, 0.2) is 144 Å². The van der Waals surface area contributed by atoms with E-state index in [1.165, 1.54) is 33.1 Å². The number of rotatable bonds is 7. The van der Waals surface area contributed by atoms with Crippen LogP contribution in [-0.4, -0.2) is 27.6 Å². The number of imidazole rings is 1. The third kappa shape index (κ3) is 8.06. The third-order valence-corrected chi connectivity index (χ3v) is 12.4. The van der Waals surface area contributed by atoms with Crippen molar-refractivity contribution in [2.45, 2.75) is 59.2 Å². The van der Waals surface area contributed by atoms with Gasteiger partial charge in [0.2, 0.25) is 0 Å². The largest absolute Gasteiger partial charge is 0.500 e. The summed E-state index contributed by atoms with van der Waals surface area (Å²) >= 11 is 0. The van der Waals surface area contributed by atoms with E-state index in [1.807, 2.05) is 73.2 Å². The van der Waals surface area contributed by atoms with Crippen LogP contribution in [0.2, 0.25) is 19.6 Å². The van der Waals surface area contributed by atoms with Gasteiger partial charge in [-0.3, -0.25) is 9.97 Å². The summed E-state index contributed by atoms with van der Waals surface area (Å²) in [7, 11) is -1.23. The molecule has 0 amide bonds. The van der Waals surface area contributed by atoms with Gasteiger partial charge < -0.3 is 14.0 Å². The van der Waals surface area contributed by atoms with Gasteiger partial charge in [-0.1, -0.05) is 113 Å². The van der Waals surface area contributed by atoms with Crippen molar-refractivity contribution < 1.29 is 24.5 Å². The van der Waals surface area contributed by atoms with Crippen molar-refractivity contribution in [3.05, 3.63) is 163 Å². The smallest absolute Gasteiger partial charge is 0.120 e. The SMILES string of the molecule is CC(C)c1cc(-c2ccccc2)cc(C(C)C)c1-n1c(-c2[c-]cc3oc4ccccc4c3c2)nc2ccncc21.C[Si](C)(C)c1ccc(-c2[c-]cccc2)nc1.[Ir]. The summed E-state index contributed by atoms with van der Waals surface area (Å²) < 4.78 is 8.41. The number of hydrogen-bond acceptors (Lipinski definition) is 4. The van der Waals surface area contributed by atoms with Gasteiger partial charge in [0, 0.05) is 43.6 Å². The minimum absolute atomic E-state index is 0. The summed E-state index contributed by atoms with van der Waals surface area (Å²) in [6.07, 6.45) is 5.75. The van der Waals surface area contributed by atoms with Gasteiger partial charge in [-0.05, 0) is 69.2 Å². The van der Waals surface area contributed by atoms with E-state index in [9.17, 15) is 0 Å². The summed E-state index contributed by atoms with van der Waals surface area (Å²) in [6, 6.07) is 48.5. The van der Waals surface area contributed by atoms with Crippen molar-refractivity contribution in [3.63, 3.8) is 0 Å². The summed E-state index contributed by atoms with van der Waals surface area (Å²) in [4.78, 5) is 14.2. The van der Waals surface area contributed by atoms with E-state index in [4.69, 9.17) is 9.40 Å². The van der Waals surface area contributed by atoms with Crippen LogP contribution < -0.4 is 5.19 Å². The zero-order valence-electron chi connectivity index (χ0n) is 33.5. The summed E-state index contributed by atoms with van der Waals surface area (Å²) in [5.74, 6) is 1.44. The van der Waals surface area contributed by atoms with E-state index in [2.05, 4.69) is 141 Å². The number of para-hydroxylation sites is 1.